The lowest BCUT2D eigenvalue weighted by Gasteiger charge is -2.31. The predicted octanol–water partition coefficient (Wildman–Crippen LogP) is 4.13. The number of nitriles is 1. The highest BCUT2D eigenvalue weighted by Gasteiger charge is 2.33. The number of benzene rings is 1. The smallest absolute Gasteiger partial charge is 0.225 e. The summed E-state index contributed by atoms with van der Waals surface area (Å²) in [6.07, 6.45) is 4.73. The minimum absolute atomic E-state index is 0.143. The number of hydrogen-bond acceptors (Lipinski definition) is 4. The number of carbonyl (C=O) groups is 1. The fraction of sp³-hybridized carbons (Fsp3) is 0.579. The Bertz CT molecular complexity index is 649. The summed E-state index contributed by atoms with van der Waals surface area (Å²) in [5, 5.41) is 12.5. The minimum Gasteiger partial charge on any atom is -0.490 e. The monoisotopic (exact) mass is 408 g/mol. The molecule has 1 saturated carbocycles. The normalized spacial score (nSPS) is 15.9. The Morgan fingerprint density at radius 3 is 2.36 bits per heavy atom. The van der Waals surface area contributed by atoms with Crippen LogP contribution in [0.15, 0.2) is 16.6 Å². The molecule has 0 spiro atoms. The van der Waals surface area contributed by atoms with Gasteiger partial charge in [0.15, 0.2) is 11.5 Å². The van der Waals surface area contributed by atoms with E-state index in [1.165, 1.54) is 0 Å². The van der Waals surface area contributed by atoms with Crippen LogP contribution < -0.4 is 14.8 Å². The van der Waals surface area contributed by atoms with Gasteiger partial charge in [0.25, 0.3) is 0 Å². The molecular formula is C19H25BrN2O3. The van der Waals surface area contributed by atoms with Crippen LogP contribution in [0, 0.1) is 11.3 Å². The zero-order chi connectivity index (χ0) is 18.3. The third-order valence-corrected chi connectivity index (χ3v) is 5.10. The van der Waals surface area contributed by atoms with Crippen molar-refractivity contribution in [3.63, 3.8) is 0 Å². The number of hydrogen-bond donors (Lipinski definition) is 1. The van der Waals surface area contributed by atoms with Gasteiger partial charge < -0.3 is 14.8 Å². The molecule has 0 unspecified atom stereocenters. The van der Waals surface area contributed by atoms with Crippen molar-refractivity contribution in [1.29, 1.82) is 5.26 Å². The van der Waals surface area contributed by atoms with Crippen molar-refractivity contribution in [1.82, 2.24) is 5.32 Å². The molecule has 1 N–H and O–H groups in total. The third-order valence-electron chi connectivity index (χ3n) is 4.36. The Morgan fingerprint density at radius 2 is 1.80 bits per heavy atom. The Morgan fingerprint density at radius 1 is 1.20 bits per heavy atom. The van der Waals surface area contributed by atoms with Gasteiger partial charge in [0.1, 0.15) is 5.54 Å². The summed E-state index contributed by atoms with van der Waals surface area (Å²) in [7, 11) is 0. The van der Waals surface area contributed by atoms with Crippen molar-refractivity contribution in [3.05, 3.63) is 22.2 Å². The van der Waals surface area contributed by atoms with Gasteiger partial charge >= 0.3 is 0 Å². The molecule has 5 nitrogen and oxygen atoms in total. The number of nitrogens with one attached hydrogen (secondary N) is 1. The molecule has 0 bridgehead atoms. The van der Waals surface area contributed by atoms with Crippen LogP contribution in [0.2, 0.25) is 0 Å². The molecule has 1 amide bonds. The number of rotatable bonds is 7. The molecule has 136 valence electrons. The first kappa shape index (κ1) is 19.6. The van der Waals surface area contributed by atoms with Crippen LogP contribution in [-0.2, 0) is 11.2 Å². The maximum atomic E-state index is 12.5. The van der Waals surface area contributed by atoms with Gasteiger partial charge in [-0.2, -0.15) is 5.26 Å². The first-order valence-electron chi connectivity index (χ1n) is 8.84. The third kappa shape index (κ3) is 5.12. The van der Waals surface area contributed by atoms with E-state index in [9.17, 15) is 10.1 Å². The summed E-state index contributed by atoms with van der Waals surface area (Å²) in [5.74, 6) is 1.14. The highest BCUT2D eigenvalue weighted by molar-refractivity contribution is 9.10. The summed E-state index contributed by atoms with van der Waals surface area (Å²) in [4.78, 5) is 12.5. The van der Waals surface area contributed by atoms with Crippen LogP contribution in [0.4, 0.5) is 0 Å². The van der Waals surface area contributed by atoms with Gasteiger partial charge in [-0.1, -0.05) is 35.2 Å². The Hall–Kier alpha value is -1.74. The summed E-state index contributed by atoms with van der Waals surface area (Å²) in [6, 6.07) is 5.98. The maximum absolute atomic E-state index is 12.5. The first-order chi connectivity index (χ1) is 12.0. The average Bonchev–Trinajstić information content (AvgIpc) is 2.60. The second kappa shape index (κ2) is 9.10. The molecule has 25 heavy (non-hydrogen) atoms. The lowest BCUT2D eigenvalue weighted by molar-refractivity contribution is -0.122. The van der Waals surface area contributed by atoms with Gasteiger partial charge in [0.2, 0.25) is 5.91 Å². The summed E-state index contributed by atoms with van der Waals surface area (Å²) < 4.78 is 12.0. The van der Waals surface area contributed by atoms with E-state index in [-0.39, 0.29) is 12.3 Å². The van der Waals surface area contributed by atoms with Crippen LogP contribution in [0.5, 0.6) is 11.5 Å². The van der Waals surface area contributed by atoms with Crippen LogP contribution in [0.3, 0.4) is 0 Å². The second-order valence-electron chi connectivity index (χ2n) is 6.24. The van der Waals surface area contributed by atoms with E-state index >= 15 is 0 Å². The van der Waals surface area contributed by atoms with E-state index in [0.29, 0.717) is 24.7 Å². The lowest BCUT2D eigenvalue weighted by Crippen LogP contribution is -2.49. The number of halogens is 1. The molecule has 0 heterocycles. The van der Waals surface area contributed by atoms with Gasteiger partial charge in [0.05, 0.1) is 25.7 Å². The fourth-order valence-electron chi connectivity index (χ4n) is 3.15. The molecule has 1 aromatic carbocycles. The van der Waals surface area contributed by atoms with Crippen molar-refractivity contribution >= 4 is 21.8 Å². The van der Waals surface area contributed by atoms with Crippen LogP contribution in [-0.4, -0.2) is 24.7 Å². The Labute approximate surface area is 157 Å². The SMILES string of the molecule is CCOc1cc(Br)c(CC(=O)NC2(C#N)CCCCC2)cc1OCC. The maximum Gasteiger partial charge on any atom is 0.225 e. The second-order valence-corrected chi connectivity index (χ2v) is 7.09. The molecule has 1 aromatic rings. The molecule has 0 aliphatic heterocycles. The van der Waals surface area contributed by atoms with Gasteiger partial charge in [-0.05, 0) is 44.4 Å². The Balaban J connectivity index is 2.14. The van der Waals surface area contributed by atoms with Gasteiger partial charge in [-0.25, -0.2) is 0 Å². The molecule has 0 radical (unpaired) electrons. The number of nitrogens with zero attached hydrogens (tertiary/aromatic N) is 1. The number of carbonyl (C=O) groups excluding carboxylic acids is 1. The number of amides is 1. The van der Waals surface area contributed by atoms with E-state index in [4.69, 9.17) is 9.47 Å². The predicted molar refractivity (Wildman–Crippen MR) is 99.8 cm³/mol. The van der Waals surface area contributed by atoms with Gasteiger partial charge in [-0.15, -0.1) is 0 Å². The van der Waals surface area contributed by atoms with Crippen molar-refractivity contribution in [3.8, 4) is 17.6 Å². The largest absolute Gasteiger partial charge is 0.490 e. The van der Waals surface area contributed by atoms with Crippen LogP contribution in [0.1, 0.15) is 51.5 Å². The minimum atomic E-state index is -0.712. The molecule has 1 aliphatic rings. The van der Waals surface area contributed by atoms with Gasteiger partial charge in [-0.3, -0.25) is 4.79 Å². The topological polar surface area (TPSA) is 71.3 Å². The molecule has 0 aromatic heterocycles. The van der Waals surface area contributed by atoms with Crippen molar-refractivity contribution in [2.45, 2.75) is 57.9 Å². The lowest BCUT2D eigenvalue weighted by atomic mass is 9.82. The molecule has 0 saturated heterocycles. The fourth-order valence-corrected chi connectivity index (χ4v) is 3.62. The van der Waals surface area contributed by atoms with Crippen molar-refractivity contribution in [2.75, 3.05) is 13.2 Å². The van der Waals surface area contributed by atoms with Crippen molar-refractivity contribution < 1.29 is 14.3 Å². The molecule has 2 rings (SSSR count). The van der Waals surface area contributed by atoms with E-state index in [1.54, 1.807) is 0 Å². The quantitative estimate of drug-likeness (QED) is 0.735. The molecule has 1 fully saturated rings. The molecule has 1 aliphatic carbocycles. The highest BCUT2D eigenvalue weighted by atomic mass is 79.9. The summed E-state index contributed by atoms with van der Waals surface area (Å²) in [6.45, 7) is 4.88. The number of ether oxygens (including phenoxy) is 2. The summed E-state index contributed by atoms with van der Waals surface area (Å²) in [5.41, 5.74) is 0.101. The zero-order valence-corrected chi connectivity index (χ0v) is 16.4. The molecular weight excluding hydrogens is 384 g/mol. The average molecular weight is 409 g/mol. The molecule has 0 atom stereocenters. The van der Waals surface area contributed by atoms with Crippen molar-refractivity contribution in [2.24, 2.45) is 0 Å². The van der Waals surface area contributed by atoms with E-state index in [1.807, 2.05) is 26.0 Å². The molecule has 6 heteroatoms. The van der Waals surface area contributed by atoms with E-state index in [0.717, 1.165) is 42.1 Å². The Kier molecular flexibility index (Phi) is 7.12. The van der Waals surface area contributed by atoms with Crippen LogP contribution in [0.25, 0.3) is 0 Å². The zero-order valence-electron chi connectivity index (χ0n) is 14.9. The highest BCUT2D eigenvalue weighted by Crippen LogP contribution is 2.34. The van der Waals surface area contributed by atoms with E-state index < -0.39 is 5.54 Å². The van der Waals surface area contributed by atoms with E-state index in [2.05, 4.69) is 27.3 Å². The standard InChI is InChI=1S/C19H25BrN2O3/c1-3-24-16-10-14(15(20)12-17(16)25-4-2)11-18(23)22-19(13-21)8-6-5-7-9-19/h10,12H,3-9,11H2,1-2H3,(H,22,23). The summed E-state index contributed by atoms with van der Waals surface area (Å²) >= 11 is 3.51. The first-order valence-corrected chi connectivity index (χ1v) is 9.63. The van der Waals surface area contributed by atoms with Gasteiger partial charge in [0, 0.05) is 4.47 Å². The van der Waals surface area contributed by atoms with Crippen LogP contribution >= 0.6 is 15.9 Å².